The Morgan fingerprint density at radius 2 is 2.00 bits per heavy atom. The highest BCUT2D eigenvalue weighted by molar-refractivity contribution is 4.90. The number of aliphatic hydroxyl groups is 3. The molecule has 0 bridgehead atoms. The molecule has 4 atom stereocenters. The molecule has 66 valence electrons. The van der Waals surface area contributed by atoms with Crippen LogP contribution in [0.4, 0.5) is 0 Å². The Balaban J connectivity index is 2.67. The van der Waals surface area contributed by atoms with Gasteiger partial charge in [0, 0.05) is 6.42 Å². The molecule has 4 heteroatoms. The second kappa shape index (κ2) is 2.71. The smallest absolute Gasteiger partial charge is 0.157 e. The maximum Gasteiger partial charge on any atom is 0.157 e. The molecule has 1 aliphatic rings. The van der Waals surface area contributed by atoms with Gasteiger partial charge in [-0.2, -0.15) is 0 Å². The minimum absolute atomic E-state index is 0.0541. The van der Waals surface area contributed by atoms with Crippen molar-refractivity contribution in [2.24, 2.45) is 0 Å². The van der Waals surface area contributed by atoms with Gasteiger partial charge >= 0.3 is 0 Å². The van der Waals surface area contributed by atoms with Crippen molar-refractivity contribution in [3.8, 4) is 0 Å². The van der Waals surface area contributed by atoms with Crippen molar-refractivity contribution in [3.05, 3.63) is 0 Å². The lowest BCUT2D eigenvalue weighted by molar-refractivity contribution is -0.256. The molecule has 0 spiro atoms. The molecule has 1 saturated heterocycles. The highest BCUT2D eigenvalue weighted by atomic mass is 16.6. The first-order valence-electron chi connectivity index (χ1n) is 3.67. The van der Waals surface area contributed by atoms with Gasteiger partial charge < -0.3 is 20.1 Å². The number of hydrogen-bond acceptors (Lipinski definition) is 4. The van der Waals surface area contributed by atoms with Gasteiger partial charge in [-0.1, -0.05) is 0 Å². The average Bonchev–Trinajstić information content (AvgIpc) is 1.81. The zero-order valence-corrected chi connectivity index (χ0v) is 6.69. The van der Waals surface area contributed by atoms with Crippen molar-refractivity contribution < 1.29 is 20.1 Å². The summed E-state index contributed by atoms with van der Waals surface area (Å²) in [6.07, 6.45) is -2.36. The molecule has 1 fully saturated rings. The first-order chi connectivity index (χ1) is 4.93. The summed E-state index contributed by atoms with van der Waals surface area (Å²) in [5.41, 5.74) is -1.24. The first-order valence-corrected chi connectivity index (χ1v) is 3.67. The second-order valence-corrected chi connectivity index (χ2v) is 3.30. The largest absolute Gasteiger partial charge is 0.387 e. The lowest BCUT2D eigenvalue weighted by atomic mass is 9.89. The van der Waals surface area contributed by atoms with Crippen molar-refractivity contribution in [3.63, 3.8) is 0 Å². The van der Waals surface area contributed by atoms with E-state index in [1.165, 1.54) is 6.92 Å². The summed E-state index contributed by atoms with van der Waals surface area (Å²) in [5, 5.41) is 27.9. The van der Waals surface area contributed by atoms with Crippen LogP contribution in [-0.4, -0.2) is 39.4 Å². The quantitative estimate of drug-likeness (QED) is 0.437. The van der Waals surface area contributed by atoms with E-state index in [-0.39, 0.29) is 6.42 Å². The molecule has 0 aromatic carbocycles. The van der Waals surface area contributed by atoms with Crippen LogP contribution < -0.4 is 0 Å². The van der Waals surface area contributed by atoms with Gasteiger partial charge in [0.05, 0.1) is 11.7 Å². The van der Waals surface area contributed by atoms with E-state index < -0.39 is 24.1 Å². The first kappa shape index (κ1) is 8.93. The molecule has 1 aliphatic heterocycles. The van der Waals surface area contributed by atoms with Crippen LogP contribution in [0.25, 0.3) is 0 Å². The van der Waals surface area contributed by atoms with Crippen LogP contribution in [0, 0.1) is 0 Å². The zero-order valence-electron chi connectivity index (χ0n) is 6.69. The third-order valence-electron chi connectivity index (χ3n) is 2.04. The number of aliphatic hydroxyl groups excluding tert-OH is 2. The summed E-state index contributed by atoms with van der Waals surface area (Å²) in [6, 6.07) is 0. The summed E-state index contributed by atoms with van der Waals surface area (Å²) >= 11 is 0. The molecule has 0 radical (unpaired) electrons. The van der Waals surface area contributed by atoms with E-state index in [9.17, 15) is 10.2 Å². The summed E-state index contributed by atoms with van der Waals surface area (Å²) in [6.45, 7) is 3.10. The van der Waals surface area contributed by atoms with Crippen molar-refractivity contribution in [1.29, 1.82) is 0 Å². The van der Waals surface area contributed by atoms with E-state index >= 15 is 0 Å². The van der Waals surface area contributed by atoms with E-state index in [0.29, 0.717) is 0 Å². The van der Waals surface area contributed by atoms with Crippen LogP contribution in [0.5, 0.6) is 0 Å². The predicted molar refractivity (Wildman–Crippen MR) is 37.8 cm³/mol. The van der Waals surface area contributed by atoms with E-state index in [1.54, 1.807) is 6.92 Å². The minimum atomic E-state index is -1.24. The fourth-order valence-corrected chi connectivity index (χ4v) is 1.35. The van der Waals surface area contributed by atoms with E-state index in [1.807, 2.05) is 0 Å². The number of rotatable bonds is 0. The molecule has 11 heavy (non-hydrogen) atoms. The fourth-order valence-electron chi connectivity index (χ4n) is 1.35. The van der Waals surface area contributed by atoms with Crippen LogP contribution in [0.15, 0.2) is 0 Å². The maximum absolute atomic E-state index is 9.49. The number of ether oxygens (including phenoxy) is 1. The lowest BCUT2D eigenvalue weighted by Crippen LogP contribution is -2.54. The van der Waals surface area contributed by atoms with Gasteiger partial charge in [-0.3, -0.25) is 0 Å². The molecule has 0 amide bonds. The molecule has 3 N–H and O–H groups in total. The van der Waals surface area contributed by atoms with Crippen molar-refractivity contribution in [2.45, 2.75) is 44.4 Å². The fraction of sp³-hybridized carbons (Fsp3) is 1.00. The van der Waals surface area contributed by atoms with Crippen molar-refractivity contribution >= 4 is 0 Å². The Morgan fingerprint density at radius 1 is 1.45 bits per heavy atom. The molecule has 0 saturated carbocycles. The highest BCUT2D eigenvalue weighted by Gasteiger charge is 2.42. The van der Waals surface area contributed by atoms with E-state index in [4.69, 9.17) is 9.84 Å². The lowest BCUT2D eigenvalue weighted by Gasteiger charge is -2.40. The molecule has 1 rings (SSSR count). The molecule has 0 aliphatic carbocycles. The Labute approximate surface area is 65.4 Å². The maximum atomic E-state index is 9.49. The summed E-state index contributed by atoms with van der Waals surface area (Å²) in [5.74, 6) is 0. The summed E-state index contributed by atoms with van der Waals surface area (Å²) in [7, 11) is 0. The Bertz CT molecular complexity index is 145. The van der Waals surface area contributed by atoms with Crippen LogP contribution in [-0.2, 0) is 4.74 Å². The Kier molecular flexibility index (Phi) is 2.20. The molecule has 1 heterocycles. The monoisotopic (exact) mass is 162 g/mol. The van der Waals surface area contributed by atoms with Crippen molar-refractivity contribution in [1.82, 2.24) is 0 Å². The second-order valence-electron chi connectivity index (χ2n) is 3.30. The van der Waals surface area contributed by atoms with Crippen LogP contribution in [0.3, 0.4) is 0 Å². The minimum Gasteiger partial charge on any atom is -0.387 e. The van der Waals surface area contributed by atoms with Gasteiger partial charge in [0.25, 0.3) is 0 Å². The normalized spacial score (nSPS) is 52.6. The third-order valence-corrected chi connectivity index (χ3v) is 2.04. The molecule has 1 unspecified atom stereocenters. The average molecular weight is 162 g/mol. The topological polar surface area (TPSA) is 69.9 Å². The summed E-state index contributed by atoms with van der Waals surface area (Å²) < 4.78 is 4.88. The Morgan fingerprint density at radius 3 is 2.45 bits per heavy atom. The van der Waals surface area contributed by atoms with E-state index in [2.05, 4.69) is 0 Å². The Hall–Kier alpha value is -0.160. The van der Waals surface area contributed by atoms with Crippen LogP contribution in [0.1, 0.15) is 20.3 Å². The van der Waals surface area contributed by atoms with Gasteiger partial charge in [0.15, 0.2) is 6.29 Å². The van der Waals surface area contributed by atoms with Gasteiger partial charge in [0.2, 0.25) is 0 Å². The predicted octanol–water partition coefficient (Wildman–Crippen LogP) is -0.775. The molecule has 0 aromatic heterocycles. The molecule has 0 aromatic rings. The van der Waals surface area contributed by atoms with Gasteiger partial charge in [-0.05, 0) is 13.8 Å². The van der Waals surface area contributed by atoms with Gasteiger partial charge in [-0.15, -0.1) is 0 Å². The summed E-state index contributed by atoms with van der Waals surface area (Å²) in [4.78, 5) is 0. The van der Waals surface area contributed by atoms with E-state index in [0.717, 1.165) is 0 Å². The van der Waals surface area contributed by atoms with Crippen molar-refractivity contribution in [2.75, 3.05) is 0 Å². The number of hydrogen-bond donors (Lipinski definition) is 3. The highest BCUT2D eigenvalue weighted by Crippen LogP contribution is 2.27. The standard InChI is InChI=1S/C7H14O4/c1-4-6(9)7(2,10)3-5(8)11-4/h4-6,8-10H,3H2,1-2H3/t4-,5?,6-,7-/m0/s1. The SMILES string of the molecule is C[C@@H]1OC(O)C[C@](C)(O)[C@H]1O. The third kappa shape index (κ3) is 1.70. The molecular formula is C7H14O4. The zero-order chi connectivity index (χ0) is 8.65. The van der Waals surface area contributed by atoms with Crippen LogP contribution >= 0.6 is 0 Å². The van der Waals surface area contributed by atoms with Crippen LogP contribution in [0.2, 0.25) is 0 Å². The molecule has 4 nitrogen and oxygen atoms in total. The molecular weight excluding hydrogens is 148 g/mol. The van der Waals surface area contributed by atoms with Gasteiger partial charge in [0.1, 0.15) is 6.10 Å². The van der Waals surface area contributed by atoms with Gasteiger partial charge in [-0.25, -0.2) is 0 Å².